The summed E-state index contributed by atoms with van der Waals surface area (Å²) in [5.41, 5.74) is 8.86. The van der Waals surface area contributed by atoms with Crippen molar-refractivity contribution in [2.24, 2.45) is 0 Å². The maximum Gasteiger partial charge on any atom is 0.123 e. The average molecular weight is 244 g/mol. The van der Waals surface area contributed by atoms with Crippen LogP contribution in [0.2, 0.25) is 0 Å². The van der Waals surface area contributed by atoms with Crippen molar-refractivity contribution in [3.63, 3.8) is 0 Å². The Labute approximate surface area is 106 Å². The van der Waals surface area contributed by atoms with Gasteiger partial charge >= 0.3 is 0 Å². The van der Waals surface area contributed by atoms with Gasteiger partial charge in [-0.3, -0.25) is 0 Å². The van der Waals surface area contributed by atoms with Gasteiger partial charge in [-0.25, -0.2) is 0 Å². The van der Waals surface area contributed by atoms with E-state index in [-0.39, 0.29) is 12.4 Å². The van der Waals surface area contributed by atoms with Crippen LogP contribution >= 0.6 is 0 Å². The zero-order chi connectivity index (χ0) is 13.0. The van der Waals surface area contributed by atoms with Crippen molar-refractivity contribution < 1.29 is 10.2 Å². The molecule has 0 radical (unpaired) electrons. The van der Waals surface area contributed by atoms with E-state index in [0.29, 0.717) is 17.8 Å². The highest BCUT2D eigenvalue weighted by atomic mass is 16.3. The summed E-state index contributed by atoms with van der Waals surface area (Å²) in [4.78, 5) is 0. The first-order chi connectivity index (χ1) is 8.72. The van der Waals surface area contributed by atoms with Gasteiger partial charge in [0, 0.05) is 29.0 Å². The summed E-state index contributed by atoms with van der Waals surface area (Å²) < 4.78 is 0. The Hall–Kier alpha value is -2.20. The molecule has 0 aliphatic heterocycles. The number of nitrogen functional groups attached to an aromatic ring is 1. The highest BCUT2D eigenvalue weighted by molar-refractivity contribution is 5.82. The van der Waals surface area contributed by atoms with E-state index in [4.69, 9.17) is 10.8 Å². The Bertz CT molecular complexity index is 541. The smallest absolute Gasteiger partial charge is 0.123 e. The fraction of sp³-hybridized carbons (Fsp3) is 0.143. The van der Waals surface area contributed by atoms with Crippen molar-refractivity contribution in [3.8, 4) is 16.9 Å². The number of anilines is 2. The lowest BCUT2D eigenvalue weighted by Crippen LogP contribution is -2.05. The predicted octanol–water partition coefficient (Wildman–Crippen LogP) is 2.05. The van der Waals surface area contributed by atoms with Gasteiger partial charge in [-0.15, -0.1) is 0 Å². The maximum atomic E-state index is 9.84. The van der Waals surface area contributed by atoms with Gasteiger partial charge in [-0.05, 0) is 24.3 Å². The summed E-state index contributed by atoms with van der Waals surface area (Å²) in [6, 6.07) is 12.5. The van der Waals surface area contributed by atoms with Crippen molar-refractivity contribution in [1.82, 2.24) is 0 Å². The summed E-state index contributed by atoms with van der Waals surface area (Å²) in [7, 11) is 0. The number of phenols is 1. The van der Waals surface area contributed by atoms with Gasteiger partial charge in [0.1, 0.15) is 5.75 Å². The van der Waals surface area contributed by atoms with Crippen LogP contribution in [-0.2, 0) is 0 Å². The highest BCUT2D eigenvalue weighted by Crippen LogP contribution is 2.34. The van der Waals surface area contributed by atoms with E-state index in [1.165, 1.54) is 0 Å². The zero-order valence-electron chi connectivity index (χ0n) is 9.93. The van der Waals surface area contributed by atoms with Gasteiger partial charge in [0.25, 0.3) is 0 Å². The van der Waals surface area contributed by atoms with Crippen LogP contribution in [0.1, 0.15) is 0 Å². The van der Waals surface area contributed by atoms with Crippen molar-refractivity contribution in [1.29, 1.82) is 0 Å². The average Bonchev–Trinajstić information content (AvgIpc) is 2.39. The standard InChI is InChI=1S/C14H16N2O2/c15-13-6-5-10(16-7-8-17)9-12(13)11-3-1-2-4-14(11)18/h1-6,9,16-18H,7-8,15H2. The van der Waals surface area contributed by atoms with Crippen LogP contribution in [-0.4, -0.2) is 23.4 Å². The number of aromatic hydroxyl groups is 1. The summed E-state index contributed by atoms with van der Waals surface area (Å²) in [6.45, 7) is 0.542. The van der Waals surface area contributed by atoms with Gasteiger partial charge < -0.3 is 21.3 Å². The van der Waals surface area contributed by atoms with E-state index < -0.39 is 0 Å². The minimum atomic E-state index is 0.0658. The third kappa shape index (κ3) is 2.55. The van der Waals surface area contributed by atoms with Crippen LogP contribution in [0.15, 0.2) is 42.5 Å². The fourth-order valence-corrected chi connectivity index (χ4v) is 1.80. The minimum Gasteiger partial charge on any atom is -0.507 e. The number of phenolic OH excluding ortho intramolecular Hbond substituents is 1. The Morgan fingerprint density at radius 2 is 1.83 bits per heavy atom. The van der Waals surface area contributed by atoms with E-state index >= 15 is 0 Å². The van der Waals surface area contributed by atoms with E-state index in [2.05, 4.69) is 5.32 Å². The summed E-state index contributed by atoms with van der Waals surface area (Å²) in [5.74, 6) is 0.198. The number of nitrogens with two attached hydrogens (primary N) is 1. The second-order valence-electron chi connectivity index (χ2n) is 3.97. The summed E-state index contributed by atoms with van der Waals surface area (Å²) in [6.07, 6.45) is 0. The first-order valence-electron chi connectivity index (χ1n) is 5.75. The molecule has 0 saturated heterocycles. The van der Waals surface area contributed by atoms with E-state index in [0.717, 1.165) is 11.3 Å². The third-order valence-corrected chi connectivity index (χ3v) is 2.69. The number of rotatable bonds is 4. The number of benzene rings is 2. The van der Waals surface area contributed by atoms with Crippen LogP contribution in [0.3, 0.4) is 0 Å². The number of aliphatic hydroxyl groups excluding tert-OH is 1. The minimum absolute atomic E-state index is 0.0658. The molecule has 2 aromatic rings. The largest absolute Gasteiger partial charge is 0.507 e. The molecular weight excluding hydrogens is 228 g/mol. The fourth-order valence-electron chi connectivity index (χ4n) is 1.80. The molecule has 94 valence electrons. The lowest BCUT2D eigenvalue weighted by molar-refractivity contribution is 0.311. The molecule has 0 saturated carbocycles. The topological polar surface area (TPSA) is 78.5 Å². The molecule has 2 aromatic carbocycles. The highest BCUT2D eigenvalue weighted by Gasteiger charge is 2.07. The van der Waals surface area contributed by atoms with Crippen LogP contribution in [0, 0.1) is 0 Å². The number of hydrogen-bond donors (Lipinski definition) is 4. The molecule has 0 spiro atoms. The second-order valence-corrected chi connectivity index (χ2v) is 3.97. The predicted molar refractivity (Wildman–Crippen MR) is 73.5 cm³/mol. The monoisotopic (exact) mass is 244 g/mol. The first-order valence-corrected chi connectivity index (χ1v) is 5.75. The third-order valence-electron chi connectivity index (χ3n) is 2.69. The molecule has 0 bridgehead atoms. The van der Waals surface area contributed by atoms with Gasteiger partial charge in [-0.1, -0.05) is 18.2 Å². The van der Waals surface area contributed by atoms with Crippen molar-refractivity contribution in [3.05, 3.63) is 42.5 Å². The number of para-hydroxylation sites is 1. The van der Waals surface area contributed by atoms with E-state index in [1.54, 1.807) is 18.2 Å². The molecule has 18 heavy (non-hydrogen) atoms. The molecule has 0 fully saturated rings. The quantitative estimate of drug-likeness (QED) is 0.621. The van der Waals surface area contributed by atoms with Crippen LogP contribution < -0.4 is 11.1 Å². The normalized spacial score (nSPS) is 10.3. The Balaban J connectivity index is 2.40. The molecule has 4 nitrogen and oxygen atoms in total. The summed E-state index contributed by atoms with van der Waals surface area (Å²) >= 11 is 0. The molecule has 2 rings (SSSR count). The zero-order valence-corrected chi connectivity index (χ0v) is 9.93. The van der Waals surface area contributed by atoms with Crippen LogP contribution in [0.4, 0.5) is 11.4 Å². The van der Waals surface area contributed by atoms with E-state index in [9.17, 15) is 5.11 Å². The molecule has 0 amide bonds. The maximum absolute atomic E-state index is 9.84. The molecule has 0 unspecified atom stereocenters. The molecule has 4 heteroatoms. The lowest BCUT2D eigenvalue weighted by atomic mass is 10.0. The first kappa shape index (κ1) is 12.3. The Morgan fingerprint density at radius 3 is 2.56 bits per heavy atom. The molecule has 0 heterocycles. The van der Waals surface area contributed by atoms with Gasteiger partial charge in [0.05, 0.1) is 6.61 Å². The van der Waals surface area contributed by atoms with Gasteiger partial charge in [-0.2, -0.15) is 0 Å². The lowest BCUT2D eigenvalue weighted by Gasteiger charge is -2.11. The van der Waals surface area contributed by atoms with Gasteiger partial charge in [0.15, 0.2) is 0 Å². The molecule has 0 aliphatic rings. The second kappa shape index (κ2) is 5.42. The molecular formula is C14H16N2O2. The SMILES string of the molecule is Nc1ccc(NCCO)cc1-c1ccccc1O. The number of aliphatic hydroxyl groups is 1. The molecule has 0 aliphatic carbocycles. The van der Waals surface area contributed by atoms with Crippen molar-refractivity contribution in [2.45, 2.75) is 0 Å². The Morgan fingerprint density at radius 1 is 1.06 bits per heavy atom. The summed E-state index contributed by atoms with van der Waals surface area (Å²) in [5, 5.41) is 21.7. The molecule has 0 aromatic heterocycles. The number of nitrogens with one attached hydrogen (secondary N) is 1. The Kier molecular flexibility index (Phi) is 3.69. The number of hydrogen-bond acceptors (Lipinski definition) is 4. The van der Waals surface area contributed by atoms with E-state index in [1.807, 2.05) is 24.3 Å². The van der Waals surface area contributed by atoms with Crippen molar-refractivity contribution in [2.75, 3.05) is 24.2 Å². The van der Waals surface area contributed by atoms with Crippen LogP contribution in [0.25, 0.3) is 11.1 Å². The van der Waals surface area contributed by atoms with Crippen LogP contribution in [0.5, 0.6) is 5.75 Å². The molecule has 0 atom stereocenters. The molecule has 5 N–H and O–H groups in total. The van der Waals surface area contributed by atoms with Gasteiger partial charge in [0.2, 0.25) is 0 Å². The van der Waals surface area contributed by atoms with Crippen molar-refractivity contribution >= 4 is 11.4 Å².